The molecule has 0 spiro atoms. The van der Waals surface area contributed by atoms with Gasteiger partial charge in [-0.15, -0.1) is 5.10 Å². The summed E-state index contributed by atoms with van der Waals surface area (Å²) in [5.41, 5.74) is 5.89. The van der Waals surface area contributed by atoms with E-state index in [9.17, 15) is 4.79 Å². The van der Waals surface area contributed by atoms with Gasteiger partial charge in [0, 0.05) is 25.6 Å². The van der Waals surface area contributed by atoms with Crippen LogP contribution in [0.2, 0.25) is 0 Å². The van der Waals surface area contributed by atoms with Gasteiger partial charge in [0.2, 0.25) is 5.82 Å². The van der Waals surface area contributed by atoms with Crippen molar-refractivity contribution >= 4 is 5.91 Å². The van der Waals surface area contributed by atoms with Gasteiger partial charge >= 0.3 is 0 Å². The summed E-state index contributed by atoms with van der Waals surface area (Å²) >= 11 is 0. The Kier molecular flexibility index (Phi) is 4.52. The van der Waals surface area contributed by atoms with Gasteiger partial charge in [0.05, 0.1) is 0 Å². The lowest BCUT2D eigenvalue weighted by molar-refractivity contribution is 0.0678. The number of aromatic nitrogens is 3. The molecule has 0 radical (unpaired) electrons. The van der Waals surface area contributed by atoms with Crippen molar-refractivity contribution in [1.29, 1.82) is 0 Å². The highest BCUT2D eigenvalue weighted by Crippen LogP contribution is 2.21. The number of aromatic amines is 1. The number of nitrogens with two attached hydrogens (primary N) is 1. The highest BCUT2D eigenvalue weighted by atomic mass is 16.2. The van der Waals surface area contributed by atoms with Gasteiger partial charge in [0.15, 0.2) is 0 Å². The Morgan fingerprint density at radius 2 is 2.11 bits per heavy atom. The maximum atomic E-state index is 12.3. The molecule has 1 aromatic heterocycles. The molecule has 0 aliphatic heterocycles. The van der Waals surface area contributed by atoms with Crippen LogP contribution in [0.3, 0.4) is 0 Å². The number of nitrogens with zero attached hydrogens (tertiary/aromatic N) is 3. The van der Waals surface area contributed by atoms with E-state index in [-0.39, 0.29) is 17.8 Å². The normalized spacial score (nSPS) is 23.3. The van der Waals surface area contributed by atoms with E-state index in [1.54, 1.807) is 4.90 Å². The smallest absolute Gasteiger partial charge is 0.293 e. The predicted molar refractivity (Wildman–Crippen MR) is 72.7 cm³/mol. The topological polar surface area (TPSA) is 87.9 Å². The van der Waals surface area contributed by atoms with Crippen LogP contribution in [0.15, 0.2) is 0 Å². The van der Waals surface area contributed by atoms with Crippen LogP contribution in [0.25, 0.3) is 0 Å². The van der Waals surface area contributed by atoms with Crippen molar-refractivity contribution < 1.29 is 4.79 Å². The molecule has 1 amide bonds. The van der Waals surface area contributed by atoms with Crippen molar-refractivity contribution in [3.8, 4) is 0 Å². The molecule has 0 unspecified atom stereocenters. The predicted octanol–water partition coefficient (Wildman–Crippen LogP) is 1.10. The summed E-state index contributed by atoms with van der Waals surface area (Å²) < 4.78 is 0. The molecule has 0 saturated heterocycles. The number of amides is 1. The van der Waals surface area contributed by atoms with Crippen LogP contribution in [0, 0.1) is 0 Å². The molecule has 1 aliphatic rings. The third kappa shape index (κ3) is 3.32. The molecule has 6 heteroatoms. The minimum absolute atomic E-state index is 0.0981. The molecular weight excluding hydrogens is 242 g/mol. The van der Waals surface area contributed by atoms with E-state index in [4.69, 9.17) is 5.73 Å². The molecule has 1 fully saturated rings. The summed E-state index contributed by atoms with van der Waals surface area (Å²) in [6.07, 6.45) is 5.71. The lowest BCUT2D eigenvalue weighted by Gasteiger charge is -2.32. The second kappa shape index (κ2) is 6.14. The SMILES string of the molecule is CCCc1nc(C(=O)N(C)C2CCC(N)CC2)n[nH]1. The Labute approximate surface area is 113 Å². The standard InChI is InChI=1S/C13H23N5O/c1-3-4-11-15-12(17-16-11)13(19)18(2)10-7-5-9(14)6-8-10/h9-10H,3-8,14H2,1-2H3,(H,15,16,17). The number of H-pyrrole nitrogens is 1. The van der Waals surface area contributed by atoms with E-state index in [1.165, 1.54) is 0 Å². The van der Waals surface area contributed by atoms with Crippen LogP contribution < -0.4 is 5.73 Å². The molecule has 1 aromatic rings. The van der Waals surface area contributed by atoms with Crippen LogP contribution in [0.5, 0.6) is 0 Å². The minimum atomic E-state index is -0.0981. The van der Waals surface area contributed by atoms with Crippen molar-refractivity contribution in [2.45, 2.75) is 57.5 Å². The largest absolute Gasteiger partial charge is 0.336 e. The van der Waals surface area contributed by atoms with Gasteiger partial charge in [0.1, 0.15) is 5.82 Å². The lowest BCUT2D eigenvalue weighted by atomic mass is 9.91. The fourth-order valence-electron chi connectivity index (χ4n) is 2.55. The van der Waals surface area contributed by atoms with E-state index in [0.29, 0.717) is 6.04 Å². The molecule has 2 rings (SSSR count). The van der Waals surface area contributed by atoms with Gasteiger partial charge in [-0.3, -0.25) is 9.89 Å². The van der Waals surface area contributed by atoms with Crippen molar-refractivity contribution in [2.75, 3.05) is 7.05 Å². The first-order chi connectivity index (χ1) is 9.11. The Morgan fingerprint density at radius 3 is 2.74 bits per heavy atom. The molecule has 1 aliphatic carbocycles. The molecular formula is C13H23N5O. The number of hydrogen-bond donors (Lipinski definition) is 2. The Balaban J connectivity index is 1.97. The average Bonchev–Trinajstić information content (AvgIpc) is 2.87. The lowest BCUT2D eigenvalue weighted by Crippen LogP contribution is -2.42. The summed E-state index contributed by atoms with van der Waals surface area (Å²) in [6, 6.07) is 0.555. The molecule has 1 saturated carbocycles. The first-order valence-electron chi connectivity index (χ1n) is 7.05. The second-order valence-electron chi connectivity index (χ2n) is 5.34. The van der Waals surface area contributed by atoms with E-state index < -0.39 is 0 Å². The zero-order valence-corrected chi connectivity index (χ0v) is 11.7. The van der Waals surface area contributed by atoms with E-state index >= 15 is 0 Å². The second-order valence-corrected chi connectivity index (χ2v) is 5.34. The molecule has 1 heterocycles. The summed E-state index contributed by atoms with van der Waals surface area (Å²) in [6.45, 7) is 2.07. The third-order valence-electron chi connectivity index (χ3n) is 3.82. The van der Waals surface area contributed by atoms with Crippen molar-refractivity contribution in [2.24, 2.45) is 5.73 Å². The quantitative estimate of drug-likeness (QED) is 0.853. The van der Waals surface area contributed by atoms with Gasteiger partial charge in [-0.1, -0.05) is 6.92 Å². The van der Waals surface area contributed by atoms with Crippen molar-refractivity contribution in [3.05, 3.63) is 11.6 Å². The monoisotopic (exact) mass is 265 g/mol. The zero-order chi connectivity index (χ0) is 13.8. The highest BCUT2D eigenvalue weighted by Gasteiger charge is 2.27. The van der Waals surface area contributed by atoms with Crippen LogP contribution in [-0.4, -0.2) is 45.1 Å². The molecule has 6 nitrogen and oxygen atoms in total. The van der Waals surface area contributed by atoms with Crippen LogP contribution in [0.4, 0.5) is 0 Å². The molecule has 0 aromatic carbocycles. The number of carbonyl (C=O) groups is 1. The number of carbonyl (C=O) groups excluding carboxylic acids is 1. The van der Waals surface area contributed by atoms with E-state index in [2.05, 4.69) is 22.1 Å². The highest BCUT2D eigenvalue weighted by molar-refractivity contribution is 5.90. The van der Waals surface area contributed by atoms with Gasteiger partial charge in [-0.2, -0.15) is 0 Å². The van der Waals surface area contributed by atoms with Crippen LogP contribution in [-0.2, 0) is 6.42 Å². The fourth-order valence-corrected chi connectivity index (χ4v) is 2.55. The molecule has 0 atom stereocenters. The third-order valence-corrected chi connectivity index (χ3v) is 3.82. The Bertz CT molecular complexity index is 422. The number of aryl methyl sites for hydroxylation is 1. The van der Waals surface area contributed by atoms with Crippen LogP contribution >= 0.6 is 0 Å². The van der Waals surface area contributed by atoms with E-state index in [1.807, 2.05) is 7.05 Å². The number of nitrogens with one attached hydrogen (secondary N) is 1. The molecule has 19 heavy (non-hydrogen) atoms. The molecule has 0 bridgehead atoms. The first-order valence-corrected chi connectivity index (χ1v) is 7.05. The number of rotatable bonds is 4. The summed E-state index contributed by atoms with van der Waals surface area (Å²) in [5.74, 6) is 0.963. The average molecular weight is 265 g/mol. The Hall–Kier alpha value is -1.43. The first kappa shape index (κ1) is 14.0. The van der Waals surface area contributed by atoms with Crippen molar-refractivity contribution in [3.63, 3.8) is 0 Å². The zero-order valence-electron chi connectivity index (χ0n) is 11.7. The van der Waals surface area contributed by atoms with Gasteiger partial charge in [-0.25, -0.2) is 4.98 Å². The molecule has 3 N–H and O–H groups in total. The van der Waals surface area contributed by atoms with Gasteiger partial charge in [-0.05, 0) is 32.1 Å². The fraction of sp³-hybridized carbons (Fsp3) is 0.769. The summed E-state index contributed by atoms with van der Waals surface area (Å²) in [7, 11) is 1.83. The van der Waals surface area contributed by atoms with E-state index in [0.717, 1.165) is 44.3 Å². The summed E-state index contributed by atoms with van der Waals surface area (Å²) in [4.78, 5) is 18.3. The van der Waals surface area contributed by atoms with Gasteiger partial charge in [0.25, 0.3) is 5.91 Å². The van der Waals surface area contributed by atoms with Crippen molar-refractivity contribution in [1.82, 2.24) is 20.1 Å². The Morgan fingerprint density at radius 1 is 1.42 bits per heavy atom. The summed E-state index contributed by atoms with van der Waals surface area (Å²) in [5, 5.41) is 6.84. The van der Waals surface area contributed by atoms with Crippen LogP contribution in [0.1, 0.15) is 55.5 Å². The minimum Gasteiger partial charge on any atom is -0.336 e. The van der Waals surface area contributed by atoms with Gasteiger partial charge < -0.3 is 10.6 Å². The maximum Gasteiger partial charge on any atom is 0.293 e. The maximum absolute atomic E-state index is 12.3. The molecule has 106 valence electrons. The number of hydrogen-bond acceptors (Lipinski definition) is 4.